The lowest BCUT2D eigenvalue weighted by Crippen LogP contribution is -2.17. The Morgan fingerprint density at radius 2 is 2.00 bits per heavy atom. The number of hydrogen-bond donors (Lipinski definition) is 1. The molecule has 0 fully saturated rings. The van der Waals surface area contributed by atoms with E-state index in [4.69, 9.17) is 16.7 Å². The molecule has 16 heavy (non-hydrogen) atoms. The maximum Gasteiger partial charge on any atom is 0.304 e. The average Bonchev–Trinajstić information content (AvgIpc) is 2.20. The van der Waals surface area contributed by atoms with Gasteiger partial charge >= 0.3 is 5.97 Å². The van der Waals surface area contributed by atoms with Gasteiger partial charge in [0.25, 0.3) is 0 Å². The van der Waals surface area contributed by atoms with E-state index in [0.717, 1.165) is 5.56 Å². The summed E-state index contributed by atoms with van der Waals surface area (Å²) in [6.07, 6.45) is -0.0692. The van der Waals surface area contributed by atoms with Gasteiger partial charge in [0.05, 0.1) is 6.42 Å². The summed E-state index contributed by atoms with van der Waals surface area (Å²) in [6, 6.07) is 7.06. The summed E-state index contributed by atoms with van der Waals surface area (Å²) in [6.45, 7) is 1.68. The molecule has 0 aliphatic carbocycles. The predicted molar refractivity (Wildman–Crippen MR) is 65.0 cm³/mol. The van der Waals surface area contributed by atoms with Crippen LogP contribution in [0.25, 0.3) is 0 Å². The van der Waals surface area contributed by atoms with E-state index in [1.54, 1.807) is 31.2 Å². The first kappa shape index (κ1) is 13.2. The van der Waals surface area contributed by atoms with Crippen molar-refractivity contribution in [2.24, 2.45) is 0 Å². The van der Waals surface area contributed by atoms with E-state index < -0.39 is 16.8 Å². The minimum Gasteiger partial charge on any atom is -0.481 e. The molecule has 0 spiro atoms. The largest absolute Gasteiger partial charge is 0.481 e. The molecule has 1 rings (SSSR count). The van der Waals surface area contributed by atoms with Gasteiger partial charge < -0.3 is 5.11 Å². The van der Waals surface area contributed by atoms with Crippen molar-refractivity contribution in [2.45, 2.75) is 24.3 Å². The molecule has 1 aromatic rings. The predicted octanol–water partition coefficient (Wildman–Crippen LogP) is 2.45. The molecule has 88 valence electrons. The van der Waals surface area contributed by atoms with Crippen LogP contribution in [0.3, 0.4) is 0 Å². The Hall–Kier alpha value is -0.870. The molecule has 0 radical (unpaired) electrons. The molecule has 0 aliphatic rings. The van der Waals surface area contributed by atoms with Crippen LogP contribution in [-0.2, 0) is 21.3 Å². The fourth-order valence-electron chi connectivity index (χ4n) is 1.23. The van der Waals surface area contributed by atoms with Crippen molar-refractivity contribution in [3.8, 4) is 0 Å². The summed E-state index contributed by atoms with van der Waals surface area (Å²) in [5.41, 5.74) is 0.903. The van der Waals surface area contributed by atoms with Gasteiger partial charge in [-0.1, -0.05) is 30.7 Å². The number of carboxylic acid groups (broad SMARTS) is 1. The number of carboxylic acids is 1. The van der Waals surface area contributed by atoms with Crippen molar-refractivity contribution in [1.29, 1.82) is 0 Å². The zero-order valence-corrected chi connectivity index (χ0v) is 10.4. The Labute approximate surface area is 102 Å². The van der Waals surface area contributed by atoms with Gasteiger partial charge in [0.2, 0.25) is 0 Å². The molecular formula is C11H13ClO3S. The minimum atomic E-state index is -1.17. The Morgan fingerprint density at radius 3 is 2.50 bits per heavy atom. The van der Waals surface area contributed by atoms with Gasteiger partial charge in [-0.15, -0.1) is 0 Å². The monoisotopic (exact) mass is 260 g/mol. The van der Waals surface area contributed by atoms with Crippen molar-refractivity contribution in [1.82, 2.24) is 0 Å². The van der Waals surface area contributed by atoms with Crippen molar-refractivity contribution in [3.63, 3.8) is 0 Å². The average molecular weight is 261 g/mol. The van der Waals surface area contributed by atoms with E-state index in [0.29, 0.717) is 10.8 Å². The lowest BCUT2D eigenvalue weighted by Gasteiger charge is -2.08. The lowest BCUT2D eigenvalue weighted by atomic mass is 10.2. The molecule has 0 saturated heterocycles. The van der Waals surface area contributed by atoms with E-state index >= 15 is 0 Å². The van der Waals surface area contributed by atoms with Crippen molar-refractivity contribution >= 4 is 28.4 Å². The van der Waals surface area contributed by atoms with Crippen LogP contribution in [0.2, 0.25) is 5.02 Å². The van der Waals surface area contributed by atoms with Gasteiger partial charge in [0.1, 0.15) is 0 Å². The number of carbonyl (C=O) groups is 1. The minimum absolute atomic E-state index is 0.0692. The van der Waals surface area contributed by atoms with Gasteiger partial charge in [-0.3, -0.25) is 9.00 Å². The van der Waals surface area contributed by atoms with Gasteiger partial charge in [-0.25, -0.2) is 0 Å². The third-order valence-corrected chi connectivity index (χ3v) is 4.07. The SMILES string of the molecule is CC(CC(=O)O)S(=O)Cc1ccc(Cl)cc1. The van der Waals surface area contributed by atoms with Gasteiger partial charge in [0.15, 0.2) is 0 Å². The Kier molecular flexibility index (Phi) is 4.96. The second-order valence-corrected chi connectivity index (χ2v) is 5.85. The van der Waals surface area contributed by atoms with Gasteiger partial charge in [-0.2, -0.15) is 0 Å². The fourth-order valence-corrected chi connectivity index (χ4v) is 2.49. The third kappa shape index (κ3) is 4.33. The standard InChI is InChI=1S/C11H13ClO3S/c1-8(6-11(13)14)16(15)7-9-2-4-10(12)5-3-9/h2-5,8H,6-7H2,1H3,(H,13,14). The first-order valence-corrected chi connectivity index (χ1v) is 6.58. The summed E-state index contributed by atoms with van der Waals surface area (Å²) in [5.74, 6) is -0.553. The Balaban J connectivity index is 2.57. The summed E-state index contributed by atoms with van der Waals surface area (Å²) < 4.78 is 11.7. The van der Waals surface area contributed by atoms with Crippen LogP contribution in [0.1, 0.15) is 18.9 Å². The second-order valence-electron chi connectivity index (χ2n) is 3.56. The molecule has 0 saturated carbocycles. The van der Waals surface area contributed by atoms with Crippen LogP contribution in [0, 0.1) is 0 Å². The van der Waals surface area contributed by atoms with E-state index in [2.05, 4.69) is 0 Å². The van der Waals surface area contributed by atoms with Crippen molar-refractivity contribution < 1.29 is 14.1 Å². The quantitative estimate of drug-likeness (QED) is 0.885. The van der Waals surface area contributed by atoms with Crippen LogP contribution < -0.4 is 0 Å². The summed E-state index contributed by atoms with van der Waals surface area (Å²) in [5, 5.41) is 8.88. The van der Waals surface area contributed by atoms with Crippen LogP contribution in [0.5, 0.6) is 0 Å². The highest BCUT2D eigenvalue weighted by Gasteiger charge is 2.15. The second kappa shape index (κ2) is 6.01. The normalized spacial score (nSPS) is 14.4. The van der Waals surface area contributed by atoms with E-state index in [1.807, 2.05) is 0 Å². The third-order valence-electron chi connectivity index (χ3n) is 2.13. The van der Waals surface area contributed by atoms with E-state index in [9.17, 15) is 9.00 Å². The Morgan fingerprint density at radius 1 is 1.44 bits per heavy atom. The van der Waals surface area contributed by atoms with E-state index in [1.165, 1.54) is 0 Å². The highest BCUT2D eigenvalue weighted by Crippen LogP contribution is 2.13. The molecule has 0 amide bonds. The van der Waals surface area contributed by atoms with Gasteiger partial charge in [0, 0.05) is 26.8 Å². The topological polar surface area (TPSA) is 54.4 Å². The molecule has 1 aromatic carbocycles. The molecule has 5 heteroatoms. The molecule has 3 nitrogen and oxygen atoms in total. The number of rotatable bonds is 5. The van der Waals surface area contributed by atoms with Crippen LogP contribution in [-0.4, -0.2) is 20.5 Å². The zero-order valence-electron chi connectivity index (χ0n) is 8.85. The summed E-state index contributed by atoms with van der Waals surface area (Å²) >= 11 is 5.73. The lowest BCUT2D eigenvalue weighted by molar-refractivity contribution is -0.136. The molecule has 0 bridgehead atoms. The van der Waals surface area contributed by atoms with Gasteiger partial charge in [-0.05, 0) is 17.7 Å². The number of halogens is 1. The highest BCUT2D eigenvalue weighted by molar-refractivity contribution is 7.84. The molecule has 0 heterocycles. The van der Waals surface area contributed by atoms with E-state index in [-0.39, 0.29) is 11.7 Å². The maximum absolute atomic E-state index is 11.7. The summed E-state index contributed by atoms with van der Waals surface area (Å²) in [7, 11) is -1.17. The smallest absolute Gasteiger partial charge is 0.304 e. The molecule has 2 atom stereocenters. The number of benzene rings is 1. The highest BCUT2D eigenvalue weighted by atomic mass is 35.5. The number of hydrogen-bond acceptors (Lipinski definition) is 2. The van der Waals surface area contributed by atoms with Crippen LogP contribution in [0.4, 0.5) is 0 Å². The Bertz CT molecular complexity index is 389. The van der Waals surface area contributed by atoms with Crippen molar-refractivity contribution in [3.05, 3.63) is 34.9 Å². The fraction of sp³-hybridized carbons (Fsp3) is 0.364. The number of aliphatic carboxylic acids is 1. The maximum atomic E-state index is 11.7. The first-order chi connectivity index (χ1) is 7.49. The van der Waals surface area contributed by atoms with Crippen molar-refractivity contribution in [2.75, 3.05) is 0 Å². The molecule has 1 N–H and O–H groups in total. The molecule has 2 unspecified atom stereocenters. The first-order valence-electron chi connectivity index (χ1n) is 4.82. The molecular weight excluding hydrogens is 248 g/mol. The van der Waals surface area contributed by atoms with Crippen LogP contribution >= 0.6 is 11.6 Å². The van der Waals surface area contributed by atoms with Crippen LogP contribution in [0.15, 0.2) is 24.3 Å². The zero-order chi connectivity index (χ0) is 12.1. The summed E-state index contributed by atoms with van der Waals surface area (Å²) in [4.78, 5) is 10.5. The molecule has 0 aliphatic heterocycles. The molecule has 0 aromatic heterocycles.